The topological polar surface area (TPSA) is 88.3 Å². The summed E-state index contributed by atoms with van der Waals surface area (Å²) in [4.78, 5) is 42.8. The van der Waals surface area contributed by atoms with Gasteiger partial charge in [0.15, 0.2) is 0 Å². The van der Waals surface area contributed by atoms with Crippen molar-refractivity contribution < 1.29 is 14.4 Å². The van der Waals surface area contributed by atoms with E-state index in [0.29, 0.717) is 22.6 Å². The van der Waals surface area contributed by atoms with Crippen LogP contribution >= 0.6 is 0 Å². The molecule has 3 rings (SSSR count). The standard InChI is InChI=1S/C27H17N3O3/c1-2-20-13-23(16-26(15-20)29-18-32)5-9-24-14-22(8-12-27(24)30-19-33)4-3-21-6-10-25(11-7-21)28-17-31/h2-16H,1H2/b4-3+,9-5+. The van der Waals surface area contributed by atoms with Gasteiger partial charge in [-0.1, -0.05) is 55.2 Å². The predicted molar refractivity (Wildman–Crippen MR) is 131 cm³/mol. The van der Waals surface area contributed by atoms with E-state index in [0.717, 1.165) is 22.3 Å². The molecular weight excluding hydrogens is 414 g/mol. The fourth-order valence-corrected chi connectivity index (χ4v) is 3.04. The Bertz CT molecular complexity index is 1380. The third kappa shape index (κ3) is 6.50. The molecule has 33 heavy (non-hydrogen) atoms. The van der Waals surface area contributed by atoms with E-state index in [1.807, 2.05) is 54.6 Å². The molecule has 0 saturated heterocycles. The number of isocyanates is 3. The number of hydrogen-bond donors (Lipinski definition) is 0. The normalized spacial score (nSPS) is 10.3. The van der Waals surface area contributed by atoms with Crippen LogP contribution in [-0.2, 0) is 14.4 Å². The maximum Gasteiger partial charge on any atom is 0.240 e. The highest BCUT2D eigenvalue weighted by Crippen LogP contribution is 2.26. The molecule has 0 heterocycles. The Morgan fingerprint density at radius 2 is 1.18 bits per heavy atom. The van der Waals surface area contributed by atoms with Crippen molar-refractivity contribution in [1.82, 2.24) is 0 Å². The summed E-state index contributed by atoms with van der Waals surface area (Å²) in [7, 11) is 0. The first-order chi connectivity index (χ1) is 16.1. The van der Waals surface area contributed by atoms with Crippen molar-refractivity contribution in [1.29, 1.82) is 0 Å². The van der Waals surface area contributed by atoms with Crippen LogP contribution < -0.4 is 0 Å². The molecule has 6 nitrogen and oxygen atoms in total. The van der Waals surface area contributed by atoms with Crippen molar-refractivity contribution in [2.24, 2.45) is 15.0 Å². The van der Waals surface area contributed by atoms with E-state index in [1.54, 1.807) is 42.5 Å². The number of hydrogen-bond acceptors (Lipinski definition) is 6. The van der Waals surface area contributed by atoms with E-state index in [1.165, 1.54) is 12.2 Å². The molecule has 0 aliphatic rings. The van der Waals surface area contributed by atoms with Crippen LogP contribution in [0.3, 0.4) is 0 Å². The van der Waals surface area contributed by atoms with Crippen molar-refractivity contribution in [2.75, 3.05) is 0 Å². The summed E-state index contributed by atoms with van der Waals surface area (Å²) in [6.45, 7) is 3.75. The molecule has 0 aliphatic heterocycles. The van der Waals surface area contributed by atoms with Crippen LogP contribution in [0.1, 0.15) is 27.8 Å². The average Bonchev–Trinajstić information content (AvgIpc) is 2.83. The minimum Gasteiger partial charge on any atom is -0.211 e. The van der Waals surface area contributed by atoms with Crippen molar-refractivity contribution >= 4 is 65.7 Å². The second-order valence-electron chi connectivity index (χ2n) is 6.75. The van der Waals surface area contributed by atoms with Crippen molar-refractivity contribution in [3.8, 4) is 0 Å². The largest absolute Gasteiger partial charge is 0.240 e. The Hall–Kier alpha value is -4.98. The van der Waals surface area contributed by atoms with Crippen molar-refractivity contribution in [3.05, 3.63) is 95.1 Å². The fourth-order valence-electron chi connectivity index (χ4n) is 3.04. The molecule has 6 heteroatoms. The first-order valence-corrected chi connectivity index (χ1v) is 9.76. The molecule has 3 aromatic carbocycles. The Kier molecular flexibility index (Phi) is 7.86. The molecule has 0 fully saturated rings. The highest BCUT2D eigenvalue weighted by Gasteiger charge is 2.02. The number of rotatable bonds is 8. The summed E-state index contributed by atoms with van der Waals surface area (Å²) < 4.78 is 0. The van der Waals surface area contributed by atoms with Gasteiger partial charge in [0.05, 0.1) is 17.1 Å². The van der Waals surface area contributed by atoms with Crippen LogP contribution in [0.4, 0.5) is 17.1 Å². The first kappa shape index (κ1) is 22.7. The zero-order chi connectivity index (χ0) is 23.5. The Morgan fingerprint density at radius 3 is 1.88 bits per heavy atom. The summed E-state index contributed by atoms with van der Waals surface area (Å²) in [5.74, 6) is 0. The van der Waals surface area contributed by atoms with E-state index in [2.05, 4.69) is 21.6 Å². The van der Waals surface area contributed by atoms with E-state index < -0.39 is 0 Å². The predicted octanol–water partition coefficient (Wildman–Crippen LogP) is 6.57. The first-order valence-electron chi connectivity index (χ1n) is 9.76. The van der Waals surface area contributed by atoms with Gasteiger partial charge in [-0.3, -0.25) is 0 Å². The summed E-state index contributed by atoms with van der Waals surface area (Å²) in [5, 5.41) is 0. The number of aliphatic imine (C=N–C) groups is 3. The summed E-state index contributed by atoms with van der Waals surface area (Å²) in [6.07, 6.45) is 13.8. The molecule has 0 atom stereocenters. The second kappa shape index (κ2) is 11.4. The Morgan fingerprint density at radius 1 is 0.576 bits per heavy atom. The summed E-state index contributed by atoms with van der Waals surface area (Å²) in [6, 6.07) is 17.9. The maximum absolute atomic E-state index is 10.8. The van der Waals surface area contributed by atoms with E-state index in [4.69, 9.17) is 0 Å². The average molecular weight is 431 g/mol. The third-order valence-corrected chi connectivity index (χ3v) is 4.58. The SMILES string of the molecule is C=Cc1cc(/C=C/c2cc(/C=C/c3ccc(N=C=O)cc3)ccc2N=C=O)cc(N=C=O)c1. The molecule has 0 bridgehead atoms. The van der Waals surface area contributed by atoms with E-state index >= 15 is 0 Å². The molecule has 0 aromatic heterocycles. The van der Waals surface area contributed by atoms with Crippen molar-refractivity contribution in [2.45, 2.75) is 0 Å². The van der Waals surface area contributed by atoms with Crippen LogP contribution in [0.2, 0.25) is 0 Å². The van der Waals surface area contributed by atoms with Gasteiger partial charge < -0.3 is 0 Å². The smallest absolute Gasteiger partial charge is 0.211 e. The molecule has 3 aromatic rings. The molecule has 0 amide bonds. The minimum atomic E-state index is 0.467. The maximum atomic E-state index is 10.8. The molecule has 0 aliphatic carbocycles. The van der Waals surface area contributed by atoms with Crippen molar-refractivity contribution in [3.63, 3.8) is 0 Å². The zero-order valence-corrected chi connectivity index (χ0v) is 17.4. The molecule has 0 radical (unpaired) electrons. The number of carbonyl (C=O) groups excluding carboxylic acids is 3. The van der Waals surface area contributed by atoms with Crippen LogP contribution in [0, 0.1) is 0 Å². The van der Waals surface area contributed by atoms with Crippen LogP contribution in [0.5, 0.6) is 0 Å². The lowest BCUT2D eigenvalue weighted by Gasteiger charge is -2.03. The van der Waals surface area contributed by atoms with E-state index in [9.17, 15) is 14.4 Å². The highest BCUT2D eigenvalue weighted by atomic mass is 16.1. The van der Waals surface area contributed by atoms with Gasteiger partial charge in [-0.2, -0.15) is 15.0 Å². The van der Waals surface area contributed by atoms with Gasteiger partial charge in [0, 0.05) is 5.56 Å². The molecule has 0 spiro atoms. The van der Waals surface area contributed by atoms with Crippen LogP contribution in [0.15, 0.2) is 82.2 Å². The Balaban J connectivity index is 1.92. The Labute approximate surface area is 190 Å². The number of nitrogens with zero attached hydrogens (tertiary/aromatic N) is 3. The fraction of sp³-hybridized carbons (Fsp3) is 0. The molecule has 0 N–H and O–H groups in total. The van der Waals surface area contributed by atoms with Crippen LogP contribution in [0.25, 0.3) is 30.4 Å². The van der Waals surface area contributed by atoms with E-state index in [-0.39, 0.29) is 0 Å². The lowest BCUT2D eigenvalue weighted by Crippen LogP contribution is -1.81. The minimum absolute atomic E-state index is 0.467. The van der Waals surface area contributed by atoms with Crippen LogP contribution in [-0.4, -0.2) is 18.2 Å². The van der Waals surface area contributed by atoms with Gasteiger partial charge >= 0.3 is 0 Å². The van der Waals surface area contributed by atoms with Gasteiger partial charge in [-0.15, -0.1) is 0 Å². The lowest BCUT2D eigenvalue weighted by molar-refractivity contribution is 0.564. The zero-order valence-electron chi connectivity index (χ0n) is 17.4. The van der Waals surface area contributed by atoms with Gasteiger partial charge in [-0.25, -0.2) is 14.4 Å². The molecule has 158 valence electrons. The van der Waals surface area contributed by atoms with Gasteiger partial charge in [0.1, 0.15) is 0 Å². The summed E-state index contributed by atoms with van der Waals surface area (Å²) >= 11 is 0. The van der Waals surface area contributed by atoms with Gasteiger partial charge in [0.25, 0.3) is 0 Å². The quantitative estimate of drug-likeness (QED) is 0.229. The third-order valence-electron chi connectivity index (χ3n) is 4.58. The lowest BCUT2D eigenvalue weighted by atomic mass is 10.0. The molecular formula is C27H17N3O3. The summed E-state index contributed by atoms with van der Waals surface area (Å²) in [5.41, 5.74) is 5.60. The number of benzene rings is 3. The second-order valence-corrected chi connectivity index (χ2v) is 6.75. The monoisotopic (exact) mass is 431 g/mol. The molecule has 0 saturated carbocycles. The molecule has 0 unspecified atom stereocenters. The van der Waals surface area contributed by atoms with Gasteiger partial charge in [-0.05, 0) is 64.7 Å². The highest BCUT2D eigenvalue weighted by molar-refractivity contribution is 5.81. The van der Waals surface area contributed by atoms with Gasteiger partial charge in [0.2, 0.25) is 18.2 Å².